The van der Waals surface area contributed by atoms with Crippen molar-refractivity contribution in [3.63, 3.8) is 0 Å². The van der Waals surface area contributed by atoms with Crippen LogP contribution in [0.2, 0.25) is 0 Å². The average Bonchev–Trinajstić information content (AvgIpc) is 3.25. The largest absolute Gasteiger partial charge is 0.497 e. The van der Waals surface area contributed by atoms with Crippen molar-refractivity contribution in [2.45, 2.75) is 23.8 Å². The Bertz CT molecular complexity index is 1540. The molecule has 40 heavy (non-hydrogen) atoms. The number of methoxy groups -OCH3 is 2. The fraction of sp³-hybridized carbons (Fsp3) is 0.214. The molecule has 4 rings (SSSR count). The number of nitrogens with zero attached hydrogens (tertiary/aromatic N) is 2. The van der Waals surface area contributed by atoms with Crippen LogP contribution in [0.5, 0.6) is 5.75 Å². The predicted molar refractivity (Wildman–Crippen MR) is 144 cm³/mol. The Morgan fingerprint density at radius 2 is 1.52 bits per heavy atom. The van der Waals surface area contributed by atoms with Crippen LogP contribution in [0.25, 0.3) is 0 Å². The number of rotatable bonds is 9. The van der Waals surface area contributed by atoms with E-state index in [9.17, 15) is 27.6 Å². The van der Waals surface area contributed by atoms with Gasteiger partial charge in [-0.15, -0.1) is 0 Å². The third-order valence-electron chi connectivity index (χ3n) is 6.54. The van der Waals surface area contributed by atoms with E-state index in [1.807, 2.05) is 0 Å². The van der Waals surface area contributed by atoms with Crippen LogP contribution in [0.15, 0.2) is 77.7 Å². The second-order valence-corrected chi connectivity index (χ2v) is 10.6. The molecule has 0 aromatic heterocycles. The number of carbonyl (C=O) groups excluding carboxylic acids is 4. The monoisotopic (exact) mass is 565 g/mol. The molecular formula is C28H27N3O8S. The Labute approximate surface area is 231 Å². The quantitative estimate of drug-likeness (QED) is 0.306. The van der Waals surface area contributed by atoms with Gasteiger partial charge in [-0.2, -0.15) is 0 Å². The first kappa shape index (κ1) is 28.5. The van der Waals surface area contributed by atoms with Crippen molar-refractivity contribution >= 4 is 39.4 Å². The molecule has 3 aromatic rings. The second-order valence-electron chi connectivity index (χ2n) is 8.99. The maximum Gasteiger partial charge on any atom is 0.337 e. The minimum absolute atomic E-state index is 0.0483. The van der Waals surface area contributed by atoms with Crippen molar-refractivity contribution in [3.05, 3.63) is 89.5 Å². The van der Waals surface area contributed by atoms with Crippen molar-refractivity contribution in [2.75, 3.05) is 25.7 Å². The molecule has 0 bridgehead atoms. The molecule has 0 radical (unpaired) electrons. The highest BCUT2D eigenvalue weighted by atomic mass is 32.2. The number of carbonyl (C=O) groups is 4. The van der Waals surface area contributed by atoms with Gasteiger partial charge in [-0.1, -0.05) is 12.1 Å². The molecule has 0 spiro atoms. The maximum atomic E-state index is 13.6. The van der Waals surface area contributed by atoms with E-state index in [1.54, 1.807) is 36.4 Å². The summed E-state index contributed by atoms with van der Waals surface area (Å²) >= 11 is 0. The SMILES string of the molecule is COC(=O)c1ccc(N2C(=O)CC(N(CCc3ccc(S(N)(=O)=O)cc3)C(=O)c3ccc(OC)cc3)C2=O)cc1. The molecule has 3 aromatic carbocycles. The van der Waals surface area contributed by atoms with Gasteiger partial charge in [0, 0.05) is 12.1 Å². The molecule has 1 fully saturated rings. The number of anilines is 1. The Balaban J connectivity index is 1.61. The summed E-state index contributed by atoms with van der Waals surface area (Å²) in [7, 11) is -1.12. The first-order valence-corrected chi connectivity index (χ1v) is 13.7. The topological polar surface area (TPSA) is 153 Å². The summed E-state index contributed by atoms with van der Waals surface area (Å²) in [5.41, 5.74) is 1.52. The average molecular weight is 566 g/mol. The normalized spacial score (nSPS) is 15.2. The number of hydrogen-bond donors (Lipinski definition) is 1. The van der Waals surface area contributed by atoms with Gasteiger partial charge >= 0.3 is 5.97 Å². The summed E-state index contributed by atoms with van der Waals surface area (Å²) in [6, 6.07) is 17.0. The molecule has 0 saturated carbocycles. The number of benzene rings is 3. The van der Waals surface area contributed by atoms with E-state index in [0.29, 0.717) is 16.9 Å². The molecule has 1 aliphatic heterocycles. The third kappa shape index (κ3) is 6.03. The molecule has 1 aliphatic rings. The van der Waals surface area contributed by atoms with E-state index in [0.717, 1.165) is 4.90 Å². The molecule has 3 amide bonds. The highest BCUT2D eigenvalue weighted by Gasteiger charge is 2.44. The van der Waals surface area contributed by atoms with E-state index in [-0.39, 0.29) is 35.5 Å². The van der Waals surface area contributed by atoms with Crippen LogP contribution in [-0.2, 0) is 30.8 Å². The molecule has 12 heteroatoms. The molecular weight excluding hydrogens is 538 g/mol. The zero-order valence-electron chi connectivity index (χ0n) is 21.8. The standard InChI is InChI=1S/C28H27N3O8S/c1-38-22-11-7-19(8-12-22)26(33)30(16-15-18-3-13-23(14-4-18)40(29,36)37)24-17-25(32)31(27(24)34)21-9-5-20(6-10-21)28(35)39-2/h3-14,24H,15-17H2,1-2H3,(H2,29,36,37). The van der Waals surface area contributed by atoms with Crippen LogP contribution in [-0.4, -0.2) is 63.8 Å². The Kier molecular flexibility index (Phi) is 8.31. The van der Waals surface area contributed by atoms with E-state index < -0.39 is 39.8 Å². The fourth-order valence-corrected chi connectivity index (χ4v) is 4.90. The van der Waals surface area contributed by atoms with Gasteiger partial charge in [0.15, 0.2) is 0 Å². The first-order valence-electron chi connectivity index (χ1n) is 12.2. The van der Waals surface area contributed by atoms with E-state index in [2.05, 4.69) is 4.74 Å². The van der Waals surface area contributed by atoms with Crippen LogP contribution < -0.4 is 14.8 Å². The van der Waals surface area contributed by atoms with Gasteiger partial charge in [-0.3, -0.25) is 14.4 Å². The van der Waals surface area contributed by atoms with Gasteiger partial charge in [0.05, 0.1) is 36.8 Å². The lowest BCUT2D eigenvalue weighted by Gasteiger charge is -2.28. The van der Waals surface area contributed by atoms with Gasteiger partial charge in [-0.25, -0.2) is 23.3 Å². The molecule has 208 valence electrons. The fourth-order valence-electron chi connectivity index (χ4n) is 4.39. The number of primary sulfonamides is 1. The lowest BCUT2D eigenvalue weighted by Crippen LogP contribution is -2.46. The van der Waals surface area contributed by atoms with Crippen LogP contribution in [0.1, 0.15) is 32.7 Å². The van der Waals surface area contributed by atoms with Gasteiger partial charge in [0.25, 0.3) is 11.8 Å². The maximum absolute atomic E-state index is 13.6. The summed E-state index contributed by atoms with van der Waals surface area (Å²) < 4.78 is 33.0. The summed E-state index contributed by atoms with van der Waals surface area (Å²) in [6.45, 7) is 0.0678. The number of amides is 3. The molecule has 1 heterocycles. The van der Waals surface area contributed by atoms with Crippen LogP contribution in [0.4, 0.5) is 5.69 Å². The van der Waals surface area contributed by atoms with E-state index in [1.165, 1.54) is 55.5 Å². The number of ether oxygens (including phenoxy) is 2. The van der Waals surface area contributed by atoms with Crippen molar-refractivity contribution in [1.82, 2.24) is 4.90 Å². The van der Waals surface area contributed by atoms with Gasteiger partial charge in [-0.05, 0) is 72.6 Å². The van der Waals surface area contributed by atoms with Crippen molar-refractivity contribution in [2.24, 2.45) is 5.14 Å². The third-order valence-corrected chi connectivity index (χ3v) is 7.47. The zero-order chi connectivity index (χ0) is 29.0. The zero-order valence-corrected chi connectivity index (χ0v) is 22.6. The Hall–Kier alpha value is -4.55. The van der Waals surface area contributed by atoms with Crippen molar-refractivity contribution < 1.29 is 37.1 Å². The summed E-state index contributed by atoms with van der Waals surface area (Å²) in [6.07, 6.45) is 0.0441. The van der Waals surface area contributed by atoms with Gasteiger partial charge < -0.3 is 14.4 Å². The predicted octanol–water partition coefficient (Wildman–Crippen LogP) is 2.15. The number of imide groups is 1. The number of hydrogen-bond acceptors (Lipinski definition) is 8. The smallest absolute Gasteiger partial charge is 0.337 e. The Morgan fingerprint density at radius 1 is 0.925 bits per heavy atom. The number of esters is 1. The molecule has 1 atom stereocenters. The Morgan fingerprint density at radius 3 is 2.08 bits per heavy atom. The first-order chi connectivity index (χ1) is 19.0. The summed E-state index contributed by atoms with van der Waals surface area (Å²) in [5, 5.41) is 5.17. The second kappa shape index (κ2) is 11.7. The highest BCUT2D eigenvalue weighted by molar-refractivity contribution is 7.89. The number of sulfonamides is 1. The van der Waals surface area contributed by atoms with Gasteiger partial charge in [0.2, 0.25) is 15.9 Å². The van der Waals surface area contributed by atoms with Crippen molar-refractivity contribution in [3.8, 4) is 5.75 Å². The number of nitrogens with two attached hydrogens (primary N) is 1. The van der Waals surface area contributed by atoms with Gasteiger partial charge in [0.1, 0.15) is 11.8 Å². The van der Waals surface area contributed by atoms with Crippen LogP contribution in [0, 0.1) is 0 Å². The lowest BCUT2D eigenvalue weighted by molar-refractivity contribution is -0.122. The molecule has 0 aliphatic carbocycles. The molecule has 2 N–H and O–H groups in total. The van der Waals surface area contributed by atoms with E-state index in [4.69, 9.17) is 9.88 Å². The lowest BCUT2D eigenvalue weighted by atomic mass is 10.1. The highest BCUT2D eigenvalue weighted by Crippen LogP contribution is 2.28. The summed E-state index contributed by atoms with van der Waals surface area (Å²) in [5.74, 6) is -1.55. The summed E-state index contributed by atoms with van der Waals surface area (Å²) in [4.78, 5) is 54.3. The van der Waals surface area contributed by atoms with Crippen molar-refractivity contribution in [1.29, 1.82) is 0 Å². The molecule has 1 unspecified atom stereocenters. The minimum atomic E-state index is -3.86. The van der Waals surface area contributed by atoms with E-state index >= 15 is 0 Å². The minimum Gasteiger partial charge on any atom is -0.497 e. The molecule has 1 saturated heterocycles. The molecule has 11 nitrogen and oxygen atoms in total. The van der Waals surface area contributed by atoms with Crippen LogP contribution >= 0.6 is 0 Å². The van der Waals surface area contributed by atoms with Crippen LogP contribution in [0.3, 0.4) is 0 Å².